The van der Waals surface area contributed by atoms with Crippen molar-refractivity contribution in [2.75, 3.05) is 13.1 Å². The molecule has 0 saturated heterocycles. The molecule has 0 aromatic heterocycles. The molecule has 1 aromatic carbocycles. The van der Waals surface area contributed by atoms with Crippen LogP contribution in [0, 0.1) is 0 Å². The van der Waals surface area contributed by atoms with Crippen molar-refractivity contribution >= 4 is 37.9 Å². The van der Waals surface area contributed by atoms with Crippen LogP contribution in [0.5, 0.6) is 0 Å². The molecule has 0 saturated carbocycles. The molecule has 0 spiro atoms. The van der Waals surface area contributed by atoms with Gasteiger partial charge in [0.05, 0.1) is 0 Å². The van der Waals surface area contributed by atoms with Crippen LogP contribution in [0.3, 0.4) is 0 Å². The second-order valence-electron chi connectivity index (χ2n) is 3.28. The summed E-state index contributed by atoms with van der Waals surface area (Å²) in [6.07, 6.45) is 5.45. The topological polar surface area (TPSA) is 12.0 Å². The minimum absolute atomic E-state index is 0.932. The molecule has 15 heavy (non-hydrogen) atoms. The Bertz CT molecular complexity index is 334. The van der Waals surface area contributed by atoms with Crippen LogP contribution in [0.1, 0.15) is 18.9 Å². The zero-order chi connectivity index (χ0) is 11.1. The van der Waals surface area contributed by atoms with Crippen molar-refractivity contribution in [3.05, 3.63) is 38.8 Å². The molecule has 3 heteroatoms. The summed E-state index contributed by atoms with van der Waals surface area (Å²) in [5.74, 6) is 0. The lowest BCUT2D eigenvalue weighted by molar-refractivity contribution is 0.730. The average Bonchev–Trinajstić information content (AvgIpc) is 2.23. The molecule has 82 valence electrons. The highest BCUT2D eigenvalue weighted by Crippen LogP contribution is 2.24. The number of halogens is 2. The second-order valence-corrected chi connectivity index (χ2v) is 4.99. The summed E-state index contributed by atoms with van der Waals surface area (Å²) >= 11 is 6.93. The van der Waals surface area contributed by atoms with E-state index in [0.717, 1.165) is 22.0 Å². The van der Waals surface area contributed by atoms with Gasteiger partial charge in [-0.25, -0.2) is 0 Å². The molecule has 0 atom stereocenters. The van der Waals surface area contributed by atoms with E-state index in [1.807, 2.05) is 6.07 Å². The van der Waals surface area contributed by atoms with E-state index in [0.29, 0.717) is 0 Å². The number of hydrogen-bond acceptors (Lipinski definition) is 1. The fourth-order valence-corrected chi connectivity index (χ4v) is 1.82. The highest BCUT2D eigenvalue weighted by Gasteiger charge is 1.95. The third-order valence-corrected chi connectivity index (χ3v) is 3.82. The van der Waals surface area contributed by atoms with Gasteiger partial charge < -0.3 is 5.32 Å². The summed E-state index contributed by atoms with van der Waals surface area (Å²) in [6.45, 7) is 4.18. The maximum atomic E-state index is 3.48. The van der Waals surface area contributed by atoms with Crippen molar-refractivity contribution in [1.82, 2.24) is 5.32 Å². The molecular weight excluding hydrogens is 318 g/mol. The van der Waals surface area contributed by atoms with Gasteiger partial charge in [0.1, 0.15) is 0 Å². The number of hydrogen-bond donors (Lipinski definition) is 1. The van der Waals surface area contributed by atoms with Crippen LogP contribution >= 0.6 is 31.9 Å². The van der Waals surface area contributed by atoms with Gasteiger partial charge in [-0.1, -0.05) is 25.1 Å². The normalized spacial score (nSPS) is 11.1. The maximum Gasteiger partial charge on any atom is 0.0323 e. The van der Waals surface area contributed by atoms with Crippen LogP contribution in [0.2, 0.25) is 0 Å². The Morgan fingerprint density at radius 3 is 2.73 bits per heavy atom. The standard InChI is InChI=1S/C12H15Br2N/c1-2-7-15-8-3-4-10-5-6-11(13)12(14)9-10/h3-6,9,15H,2,7-8H2,1H3/b4-3+. The van der Waals surface area contributed by atoms with Gasteiger partial charge in [-0.3, -0.25) is 0 Å². The van der Waals surface area contributed by atoms with Gasteiger partial charge in [-0.15, -0.1) is 0 Å². The molecule has 0 heterocycles. The molecule has 1 N–H and O–H groups in total. The number of rotatable bonds is 5. The first-order chi connectivity index (χ1) is 7.24. The van der Waals surface area contributed by atoms with Crippen molar-refractivity contribution in [3.8, 4) is 0 Å². The highest BCUT2D eigenvalue weighted by molar-refractivity contribution is 9.13. The Kier molecular flexibility index (Phi) is 6.22. The molecule has 0 amide bonds. The molecule has 0 aliphatic rings. The summed E-state index contributed by atoms with van der Waals surface area (Å²) < 4.78 is 2.18. The first-order valence-electron chi connectivity index (χ1n) is 5.06. The van der Waals surface area contributed by atoms with Gasteiger partial charge in [0, 0.05) is 15.5 Å². The fourth-order valence-electron chi connectivity index (χ4n) is 1.17. The SMILES string of the molecule is CCCNC/C=C/c1ccc(Br)c(Br)c1. The summed E-state index contributed by atoms with van der Waals surface area (Å²) in [6, 6.07) is 6.23. The van der Waals surface area contributed by atoms with Crippen molar-refractivity contribution in [2.45, 2.75) is 13.3 Å². The van der Waals surface area contributed by atoms with Gasteiger partial charge in [-0.2, -0.15) is 0 Å². The second kappa shape index (κ2) is 7.20. The lowest BCUT2D eigenvalue weighted by Crippen LogP contribution is -2.13. The molecule has 1 aromatic rings. The first-order valence-corrected chi connectivity index (χ1v) is 6.65. The fraction of sp³-hybridized carbons (Fsp3) is 0.333. The van der Waals surface area contributed by atoms with Crippen molar-refractivity contribution < 1.29 is 0 Å². The molecule has 1 nitrogen and oxygen atoms in total. The first kappa shape index (κ1) is 12.9. The lowest BCUT2D eigenvalue weighted by atomic mass is 10.2. The van der Waals surface area contributed by atoms with Gasteiger partial charge >= 0.3 is 0 Å². The maximum absolute atomic E-state index is 3.48. The van der Waals surface area contributed by atoms with Crippen LogP contribution in [-0.4, -0.2) is 13.1 Å². The third-order valence-electron chi connectivity index (χ3n) is 1.94. The number of nitrogens with one attached hydrogen (secondary N) is 1. The smallest absolute Gasteiger partial charge is 0.0323 e. The number of benzene rings is 1. The van der Waals surface area contributed by atoms with E-state index in [1.54, 1.807) is 0 Å². The molecule has 0 unspecified atom stereocenters. The van der Waals surface area contributed by atoms with Crippen molar-refractivity contribution in [2.24, 2.45) is 0 Å². The molecule has 0 aliphatic heterocycles. The zero-order valence-corrected chi connectivity index (χ0v) is 11.9. The quantitative estimate of drug-likeness (QED) is 0.796. The monoisotopic (exact) mass is 331 g/mol. The van der Waals surface area contributed by atoms with Gasteiger partial charge in [0.15, 0.2) is 0 Å². The van der Waals surface area contributed by atoms with E-state index in [9.17, 15) is 0 Å². The minimum Gasteiger partial charge on any atom is -0.313 e. The zero-order valence-electron chi connectivity index (χ0n) is 8.76. The summed E-state index contributed by atoms with van der Waals surface area (Å²) in [7, 11) is 0. The average molecular weight is 333 g/mol. The molecule has 1 rings (SSSR count). The van der Waals surface area contributed by atoms with Gasteiger partial charge in [0.2, 0.25) is 0 Å². The molecule has 0 bridgehead atoms. The Hall–Kier alpha value is -0.120. The Morgan fingerprint density at radius 1 is 1.27 bits per heavy atom. The largest absolute Gasteiger partial charge is 0.313 e. The summed E-state index contributed by atoms with van der Waals surface area (Å²) in [5.41, 5.74) is 1.21. The highest BCUT2D eigenvalue weighted by atomic mass is 79.9. The van der Waals surface area contributed by atoms with E-state index in [-0.39, 0.29) is 0 Å². The Morgan fingerprint density at radius 2 is 2.07 bits per heavy atom. The molecule has 0 radical (unpaired) electrons. The van der Waals surface area contributed by atoms with Gasteiger partial charge in [-0.05, 0) is 62.5 Å². The van der Waals surface area contributed by atoms with Crippen molar-refractivity contribution in [1.29, 1.82) is 0 Å². The van der Waals surface area contributed by atoms with E-state index >= 15 is 0 Å². The predicted octanol–water partition coefficient (Wildman–Crippen LogP) is 4.22. The van der Waals surface area contributed by atoms with Crippen LogP contribution in [0.4, 0.5) is 0 Å². The Balaban J connectivity index is 2.46. The van der Waals surface area contributed by atoms with E-state index in [2.05, 4.69) is 68.4 Å². The van der Waals surface area contributed by atoms with Crippen LogP contribution in [-0.2, 0) is 0 Å². The van der Waals surface area contributed by atoms with Gasteiger partial charge in [0.25, 0.3) is 0 Å². The minimum atomic E-state index is 0.932. The van der Waals surface area contributed by atoms with Crippen molar-refractivity contribution in [3.63, 3.8) is 0 Å². The van der Waals surface area contributed by atoms with Crippen LogP contribution in [0.15, 0.2) is 33.2 Å². The molecule has 0 aliphatic carbocycles. The van der Waals surface area contributed by atoms with E-state index in [4.69, 9.17) is 0 Å². The summed E-state index contributed by atoms with van der Waals surface area (Å²) in [5, 5.41) is 3.32. The van der Waals surface area contributed by atoms with E-state index < -0.39 is 0 Å². The van der Waals surface area contributed by atoms with E-state index in [1.165, 1.54) is 12.0 Å². The predicted molar refractivity (Wildman–Crippen MR) is 74.0 cm³/mol. The van der Waals surface area contributed by atoms with Crippen LogP contribution < -0.4 is 5.32 Å². The molecule has 0 fully saturated rings. The Labute approximate surface area is 108 Å². The van der Waals surface area contributed by atoms with Crippen LogP contribution in [0.25, 0.3) is 6.08 Å². The summed E-state index contributed by atoms with van der Waals surface area (Å²) in [4.78, 5) is 0. The molecular formula is C12H15Br2N. The third kappa shape index (κ3) is 4.96. The lowest BCUT2D eigenvalue weighted by Gasteiger charge is -1.99.